The lowest BCUT2D eigenvalue weighted by Gasteiger charge is -2.53. The third-order valence-corrected chi connectivity index (χ3v) is 8.06. The molecule has 4 nitrogen and oxygen atoms in total. The maximum Gasteiger partial charge on any atom is 0.302 e. The second kappa shape index (κ2) is 4.72. The highest BCUT2D eigenvalue weighted by Gasteiger charge is 2.70. The predicted octanol–water partition coefficient (Wildman–Crippen LogP) is 3.05. The van der Waals surface area contributed by atoms with Crippen LogP contribution < -0.4 is 0 Å². The van der Waals surface area contributed by atoms with E-state index in [9.17, 15) is 9.59 Å². The average molecular weight is 330 g/mol. The standard InChI is InChI=1S/C20H26O4/c1-11(21)23-17-6-4-14-12-8-10-20-15(3-5-16(22)18(20)24-20)13(12)7-9-19(14,17)2/h3,5,12-15,17-18H,4,6-10H2,1-2H3/t12-,13+,14+,15-,17+,18+,19+,20+/m1/s1. The summed E-state index contributed by atoms with van der Waals surface area (Å²) in [4.78, 5) is 23.5. The first-order chi connectivity index (χ1) is 11.5. The zero-order chi connectivity index (χ0) is 16.7. The number of hydrogen-bond acceptors (Lipinski definition) is 4. The highest BCUT2D eigenvalue weighted by molar-refractivity contribution is 5.98. The summed E-state index contributed by atoms with van der Waals surface area (Å²) in [6.45, 7) is 3.87. The Balaban J connectivity index is 1.43. The van der Waals surface area contributed by atoms with Gasteiger partial charge in [0, 0.05) is 18.3 Å². The Hall–Kier alpha value is -1.16. The number of hydrogen-bond donors (Lipinski definition) is 0. The molecule has 0 unspecified atom stereocenters. The molecule has 1 saturated heterocycles. The maximum absolute atomic E-state index is 12.0. The van der Waals surface area contributed by atoms with Crippen LogP contribution in [0, 0.1) is 29.1 Å². The van der Waals surface area contributed by atoms with Crippen molar-refractivity contribution in [3.63, 3.8) is 0 Å². The van der Waals surface area contributed by atoms with Crippen molar-refractivity contribution in [1.82, 2.24) is 0 Å². The smallest absolute Gasteiger partial charge is 0.302 e. The van der Waals surface area contributed by atoms with Gasteiger partial charge in [0.05, 0.1) is 0 Å². The van der Waals surface area contributed by atoms with Gasteiger partial charge in [-0.25, -0.2) is 0 Å². The lowest BCUT2D eigenvalue weighted by Crippen LogP contribution is -2.52. The first kappa shape index (κ1) is 15.1. The van der Waals surface area contributed by atoms with E-state index in [1.165, 1.54) is 13.3 Å². The molecule has 4 heteroatoms. The molecule has 0 amide bonds. The minimum Gasteiger partial charge on any atom is -0.462 e. The van der Waals surface area contributed by atoms with Crippen LogP contribution in [-0.4, -0.2) is 29.6 Å². The minimum absolute atomic E-state index is 0.0882. The fourth-order valence-corrected chi connectivity index (χ4v) is 6.96. The summed E-state index contributed by atoms with van der Waals surface area (Å²) in [5.74, 6) is 2.39. The number of rotatable bonds is 1. The van der Waals surface area contributed by atoms with Crippen molar-refractivity contribution in [3.8, 4) is 0 Å². The highest BCUT2D eigenvalue weighted by atomic mass is 16.6. The second-order valence-corrected chi connectivity index (χ2v) is 8.93. The molecule has 5 aliphatic rings. The molecule has 0 N–H and O–H groups in total. The second-order valence-electron chi connectivity index (χ2n) is 8.93. The van der Waals surface area contributed by atoms with Crippen molar-refractivity contribution in [2.24, 2.45) is 29.1 Å². The SMILES string of the molecule is CC(=O)O[C@H]1CC[C@H]2[C@@H]3CC[C@@]45O[C@H]4C(=O)C=C[C@@H]5[C@H]3CC[C@]12C. The van der Waals surface area contributed by atoms with Gasteiger partial charge in [-0.2, -0.15) is 0 Å². The maximum atomic E-state index is 12.0. The van der Waals surface area contributed by atoms with Crippen molar-refractivity contribution < 1.29 is 19.1 Å². The summed E-state index contributed by atoms with van der Waals surface area (Å²) in [6.07, 6.45) is 10.5. The van der Waals surface area contributed by atoms with E-state index in [-0.39, 0.29) is 35.0 Å². The minimum atomic E-state index is -0.158. The first-order valence-electron chi connectivity index (χ1n) is 9.53. The Bertz CT molecular complexity index is 640. The molecule has 1 heterocycles. The molecule has 4 aliphatic carbocycles. The van der Waals surface area contributed by atoms with Gasteiger partial charge in [-0.1, -0.05) is 13.0 Å². The zero-order valence-corrected chi connectivity index (χ0v) is 14.5. The lowest BCUT2D eigenvalue weighted by molar-refractivity contribution is -0.156. The largest absolute Gasteiger partial charge is 0.462 e. The van der Waals surface area contributed by atoms with Gasteiger partial charge >= 0.3 is 5.97 Å². The Morgan fingerprint density at radius 3 is 2.79 bits per heavy atom. The van der Waals surface area contributed by atoms with Crippen LogP contribution in [0.4, 0.5) is 0 Å². The Kier molecular flexibility index (Phi) is 2.97. The molecule has 1 spiro atoms. The van der Waals surface area contributed by atoms with E-state index in [1.54, 1.807) is 6.08 Å². The number of fused-ring (bicyclic) bond motifs is 4. The summed E-state index contributed by atoms with van der Waals surface area (Å²) in [7, 11) is 0. The molecule has 0 radical (unpaired) electrons. The Morgan fingerprint density at radius 2 is 2.00 bits per heavy atom. The van der Waals surface area contributed by atoms with Crippen LogP contribution in [0.15, 0.2) is 12.2 Å². The van der Waals surface area contributed by atoms with Crippen molar-refractivity contribution in [1.29, 1.82) is 0 Å². The van der Waals surface area contributed by atoms with Gasteiger partial charge in [0.1, 0.15) is 11.7 Å². The van der Waals surface area contributed by atoms with Gasteiger partial charge < -0.3 is 9.47 Å². The topological polar surface area (TPSA) is 55.9 Å². The summed E-state index contributed by atoms with van der Waals surface area (Å²) in [6, 6.07) is 0. The van der Waals surface area contributed by atoms with Crippen molar-refractivity contribution in [2.75, 3.05) is 0 Å². The van der Waals surface area contributed by atoms with Gasteiger partial charge in [0.15, 0.2) is 11.9 Å². The normalized spacial score (nSPS) is 54.3. The van der Waals surface area contributed by atoms with E-state index in [4.69, 9.17) is 9.47 Å². The molecule has 0 aromatic carbocycles. The molecular formula is C20H26O4. The molecule has 3 saturated carbocycles. The van der Waals surface area contributed by atoms with Gasteiger partial charge in [-0.05, 0) is 62.4 Å². The first-order valence-corrected chi connectivity index (χ1v) is 9.53. The number of ether oxygens (including phenoxy) is 2. The van der Waals surface area contributed by atoms with E-state index < -0.39 is 0 Å². The summed E-state index contributed by atoms with van der Waals surface area (Å²) >= 11 is 0. The molecule has 5 rings (SSSR count). The molecule has 24 heavy (non-hydrogen) atoms. The quantitative estimate of drug-likeness (QED) is 0.548. The van der Waals surface area contributed by atoms with Gasteiger partial charge in [-0.3, -0.25) is 9.59 Å². The summed E-state index contributed by atoms with van der Waals surface area (Å²) in [5, 5.41) is 0. The van der Waals surface area contributed by atoms with Crippen LogP contribution >= 0.6 is 0 Å². The number of ketones is 1. The van der Waals surface area contributed by atoms with E-state index >= 15 is 0 Å². The zero-order valence-electron chi connectivity index (χ0n) is 14.5. The van der Waals surface area contributed by atoms with Crippen molar-refractivity contribution >= 4 is 11.8 Å². The van der Waals surface area contributed by atoms with Crippen LogP contribution in [0.1, 0.15) is 52.4 Å². The third-order valence-electron chi connectivity index (χ3n) is 8.06. The van der Waals surface area contributed by atoms with Crippen LogP contribution in [-0.2, 0) is 19.1 Å². The average Bonchev–Trinajstić information content (AvgIpc) is 3.19. The summed E-state index contributed by atoms with van der Waals surface area (Å²) in [5.41, 5.74) is -0.0238. The fraction of sp³-hybridized carbons (Fsp3) is 0.800. The molecule has 0 bridgehead atoms. The Labute approximate surface area is 143 Å². The predicted molar refractivity (Wildman–Crippen MR) is 87.1 cm³/mol. The molecular weight excluding hydrogens is 304 g/mol. The van der Waals surface area contributed by atoms with Crippen LogP contribution in [0.25, 0.3) is 0 Å². The van der Waals surface area contributed by atoms with Crippen LogP contribution in [0.5, 0.6) is 0 Å². The lowest BCUT2D eigenvalue weighted by atomic mass is 9.51. The molecule has 0 aromatic heterocycles. The van der Waals surface area contributed by atoms with Crippen molar-refractivity contribution in [2.45, 2.75) is 70.2 Å². The number of carbonyl (C=O) groups excluding carboxylic acids is 2. The van der Waals surface area contributed by atoms with E-state index in [0.29, 0.717) is 23.7 Å². The monoisotopic (exact) mass is 330 g/mol. The Morgan fingerprint density at radius 1 is 1.21 bits per heavy atom. The molecule has 130 valence electrons. The van der Waals surface area contributed by atoms with Gasteiger partial charge in [-0.15, -0.1) is 0 Å². The number of carbonyl (C=O) groups is 2. The highest BCUT2D eigenvalue weighted by Crippen LogP contribution is 2.66. The van der Waals surface area contributed by atoms with Crippen LogP contribution in [0.3, 0.4) is 0 Å². The van der Waals surface area contributed by atoms with Gasteiger partial charge in [0.25, 0.3) is 0 Å². The molecule has 0 aromatic rings. The van der Waals surface area contributed by atoms with Crippen LogP contribution in [0.2, 0.25) is 0 Å². The van der Waals surface area contributed by atoms with Gasteiger partial charge in [0.2, 0.25) is 0 Å². The van der Waals surface area contributed by atoms with E-state index in [0.717, 1.165) is 32.1 Å². The summed E-state index contributed by atoms with van der Waals surface area (Å²) < 4.78 is 11.6. The number of esters is 1. The van der Waals surface area contributed by atoms with Crippen molar-refractivity contribution in [3.05, 3.63) is 12.2 Å². The molecule has 1 aliphatic heterocycles. The third kappa shape index (κ3) is 1.78. The molecule has 8 atom stereocenters. The van der Waals surface area contributed by atoms with E-state index in [2.05, 4.69) is 13.0 Å². The van der Waals surface area contributed by atoms with E-state index in [1.807, 2.05) is 0 Å². The number of epoxide rings is 1. The molecule has 4 fully saturated rings. The fourth-order valence-electron chi connectivity index (χ4n) is 6.96.